The van der Waals surface area contributed by atoms with Crippen LogP contribution in [-0.2, 0) is 11.7 Å². The Morgan fingerprint density at radius 3 is 3.18 bits per heavy atom. The highest BCUT2D eigenvalue weighted by atomic mass is 79.9. The van der Waals surface area contributed by atoms with Gasteiger partial charge in [-0.15, -0.1) is 0 Å². The fraction of sp³-hybridized carbons (Fsp3) is 0.333. The van der Waals surface area contributed by atoms with Crippen LogP contribution in [0.25, 0.3) is 0 Å². The molecule has 0 fully saturated rings. The second-order valence-electron chi connectivity index (χ2n) is 1.77. The van der Waals surface area contributed by atoms with E-state index in [-0.39, 0.29) is 10.2 Å². The van der Waals surface area contributed by atoms with E-state index in [1.807, 2.05) is 0 Å². The van der Waals surface area contributed by atoms with Gasteiger partial charge in [-0.2, -0.15) is 5.10 Å². The number of aromatic nitrogens is 2. The molecule has 0 atom stereocenters. The summed E-state index contributed by atoms with van der Waals surface area (Å²) in [5.74, 6) is -0.632. The molecule has 1 heterocycles. The van der Waals surface area contributed by atoms with E-state index in [9.17, 15) is 4.79 Å². The van der Waals surface area contributed by atoms with Crippen LogP contribution in [0, 0.1) is 0 Å². The minimum Gasteiger partial charge on any atom is -0.465 e. The fourth-order valence-corrected chi connectivity index (χ4v) is 1.03. The highest BCUT2D eigenvalue weighted by molar-refractivity contribution is 9.10. The molecule has 1 aromatic heterocycles. The van der Waals surface area contributed by atoms with Crippen LogP contribution in [0.15, 0.2) is 10.8 Å². The second-order valence-corrected chi connectivity index (χ2v) is 2.52. The first kappa shape index (κ1) is 4.92. The molecule has 0 aromatic carbocycles. The lowest BCUT2D eigenvalue weighted by atomic mass is 10.4. The van der Waals surface area contributed by atoms with Gasteiger partial charge in [0.15, 0.2) is 0 Å². The van der Waals surface area contributed by atoms with Crippen molar-refractivity contribution < 1.29 is 13.6 Å². The minimum atomic E-state index is -2.39. The first-order valence-corrected chi connectivity index (χ1v) is 3.49. The average molecular weight is 222 g/mol. The van der Waals surface area contributed by atoms with Crippen molar-refractivity contribution >= 4 is 21.9 Å². The number of hydrogen-bond donors (Lipinski definition) is 0. The van der Waals surface area contributed by atoms with E-state index in [0.29, 0.717) is 0 Å². The first-order valence-electron chi connectivity index (χ1n) is 4.20. The molecule has 0 radical (unpaired) electrons. The lowest BCUT2D eigenvalue weighted by Gasteiger charge is -1.92. The zero-order valence-electron chi connectivity index (χ0n) is 8.67. The van der Waals surface area contributed by atoms with Crippen molar-refractivity contribution in [3.63, 3.8) is 0 Å². The number of rotatable bonds is 1. The van der Waals surface area contributed by atoms with Crippen LogP contribution >= 0.6 is 15.9 Å². The van der Waals surface area contributed by atoms with E-state index in [0.717, 1.165) is 10.9 Å². The molecule has 0 unspecified atom stereocenters. The summed E-state index contributed by atoms with van der Waals surface area (Å²) < 4.78 is 26.4. The maximum Gasteiger partial charge on any atom is 0.342 e. The van der Waals surface area contributed by atoms with Crippen LogP contribution in [-0.4, -0.2) is 22.9 Å². The van der Waals surface area contributed by atoms with Gasteiger partial charge in [0.1, 0.15) is 10.2 Å². The summed E-state index contributed by atoms with van der Waals surface area (Å²) in [4.78, 5) is 11.1. The summed E-state index contributed by atoms with van der Waals surface area (Å²) in [5, 5.41) is 3.62. The van der Waals surface area contributed by atoms with Crippen LogP contribution in [0.4, 0.5) is 0 Å². The summed E-state index contributed by atoms with van der Waals surface area (Å²) >= 11 is 2.97. The van der Waals surface area contributed by atoms with Gasteiger partial charge in [-0.3, -0.25) is 4.68 Å². The first-order chi connectivity index (χ1) is 6.36. The number of ether oxygens (including phenoxy) is 1. The molecule has 0 bridgehead atoms. The number of esters is 1. The van der Waals surface area contributed by atoms with Gasteiger partial charge in [0, 0.05) is 17.3 Å². The fourth-order valence-electron chi connectivity index (χ4n) is 0.600. The largest absolute Gasteiger partial charge is 0.465 e. The standard InChI is InChI=1S/C6H7BrN2O2/c1-9-3-4(5(7)8-9)6(10)11-2/h3H,1-2H3/i1D3. The smallest absolute Gasteiger partial charge is 0.342 e. The Kier molecular flexibility index (Phi) is 1.36. The number of halogens is 1. The summed E-state index contributed by atoms with van der Waals surface area (Å²) in [6.45, 7) is -2.39. The van der Waals surface area contributed by atoms with E-state index in [1.165, 1.54) is 7.11 Å². The SMILES string of the molecule is [2H]C([2H])([2H])n1cc(C(=O)OC)c(Br)n1. The summed E-state index contributed by atoms with van der Waals surface area (Å²) in [6.07, 6.45) is 1.11. The van der Waals surface area contributed by atoms with Crippen molar-refractivity contribution in [2.45, 2.75) is 0 Å². The molecule has 0 aliphatic carbocycles. The molecule has 0 spiro atoms. The van der Waals surface area contributed by atoms with Crippen molar-refractivity contribution in [3.8, 4) is 0 Å². The molecular formula is C6H7BrN2O2. The Hall–Kier alpha value is -0.840. The Bertz CT molecular complexity index is 360. The number of carbonyl (C=O) groups is 1. The Labute approximate surface area is 76.5 Å². The number of nitrogens with zero attached hydrogens (tertiary/aromatic N) is 2. The zero-order chi connectivity index (χ0) is 10.9. The normalized spacial score (nSPS) is 14.9. The van der Waals surface area contributed by atoms with Gasteiger partial charge in [-0.25, -0.2) is 4.79 Å². The van der Waals surface area contributed by atoms with E-state index in [2.05, 4.69) is 25.8 Å². The van der Waals surface area contributed by atoms with Crippen molar-refractivity contribution in [1.29, 1.82) is 0 Å². The summed E-state index contributed by atoms with van der Waals surface area (Å²) in [7, 11) is 1.21. The third-order valence-corrected chi connectivity index (χ3v) is 1.66. The minimum absolute atomic E-state index is 0.0867. The second kappa shape index (κ2) is 3.04. The molecular weight excluding hydrogens is 212 g/mol. The lowest BCUT2D eigenvalue weighted by Crippen LogP contribution is -1.99. The van der Waals surface area contributed by atoms with Crippen LogP contribution < -0.4 is 0 Å². The molecule has 1 aromatic rings. The molecule has 0 amide bonds. The third-order valence-electron chi connectivity index (χ3n) is 1.07. The van der Waals surface area contributed by atoms with Gasteiger partial charge in [-0.05, 0) is 15.9 Å². The molecule has 0 saturated carbocycles. The van der Waals surface area contributed by atoms with Crippen LogP contribution in [0.5, 0.6) is 0 Å². The monoisotopic (exact) mass is 221 g/mol. The molecule has 1 rings (SSSR count). The van der Waals surface area contributed by atoms with Gasteiger partial charge in [0.25, 0.3) is 0 Å². The van der Waals surface area contributed by atoms with Crippen LogP contribution in [0.2, 0.25) is 0 Å². The highest BCUT2D eigenvalue weighted by Crippen LogP contribution is 2.13. The molecule has 0 aliphatic heterocycles. The summed E-state index contributed by atoms with van der Waals surface area (Å²) in [5.41, 5.74) is 0.0867. The number of hydrogen-bond acceptors (Lipinski definition) is 3. The number of methoxy groups -OCH3 is 1. The highest BCUT2D eigenvalue weighted by Gasteiger charge is 2.12. The predicted octanol–water partition coefficient (Wildman–Crippen LogP) is 0.969. The molecule has 60 valence electrons. The van der Waals surface area contributed by atoms with Crippen LogP contribution in [0.3, 0.4) is 0 Å². The van der Waals surface area contributed by atoms with Crippen molar-refractivity contribution in [3.05, 3.63) is 16.4 Å². The van der Waals surface area contributed by atoms with Crippen LogP contribution in [0.1, 0.15) is 14.5 Å². The Morgan fingerprint density at radius 1 is 2.00 bits per heavy atom. The Morgan fingerprint density at radius 2 is 2.73 bits per heavy atom. The van der Waals surface area contributed by atoms with Gasteiger partial charge in [-0.1, -0.05) is 0 Å². The molecule has 0 N–H and O–H groups in total. The predicted molar refractivity (Wildman–Crippen MR) is 42.2 cm³/mol. The zero-order valence-corrected chi connectivity index (χ0v) is 7.25. The molecule has 5 heteroatoms. The van der Waals surface area contributed by atoms with Gasteiger partial charge in [0.05, 0.1) is 7.11 Å². The van der Waals surface area contributed by atoms with E-state index >= 15 is 0 Å². The number of aryl methyl sites for hydroxylation is 1. The van der Waals surface area contributed by atoms with E-state index < -0.39 is 12.9 Å². The van der Waals surface area contributed by atoms with Crippen molar-refractivity contribution in [2.75, 3.05) is 7.11 Å². The summed E-state index contributed by atoms with van der Waals surface area (Å²) in [6, 6.07) is 0. The van der Waals surface area contributed by atoms with Crippen molar-refractivity contribution in [2.24, 2.45) is 6.98 Å². The van der Waals surface area contributed by atoms with E-state index in [4.69, 9.17) is 4.11 Å². The van der Waals surface area contributed by atoms with Gasteiger partial charge in [0.2, 0.25) is 0 Å². The van der Waals surface area contributed by atoms with Gasteiger partial charge < -0.3 is 4.74 Å². The Balaban J connectivity index is 3.12. The quantitative estimate of drug-likeness (QED) is 0.665. The third kappa shape index (κ3) is 1.59. The van der Waals surface area contributed by atoms with E-state index in [1.54, 1.807) is 0 Å². The van der Waals surface area contributed by atoms with Gasteiger partial charge >= 0.3 is 5.97 Å². The molecule has 0 aliphatic rings. The number of carbonyl (C=O) groups excluding carboxylic acids is 1. The topological polar surface area (TPSA) is 44.1 Å². The van der Waals surface area contributed by atoms with Crippen molar-refractivity contribution in [1.82, 2.24) is 9.78 Å². The lowest BCUT2D eigenvalue weighted by molar-refractivity contribution is 0.0599. The maximum absolute atomic E-state index is 11.1. The molecule has 4 nitrogen and oxygen atoms in total. The maximum atomic E-state index is 11.1. The average Bonchev–Trinajstić information content (AvgIpc) is 2.45. The molecule has 0 saturated heterocycles. The molecule has 11 heavy (non-hydrogen) atoms.